The Morgan fingerprint density at radius 1 is 1.26 bits per heavy atom. The average molecular weight is 429 g/mol. The fourth-order valence-electron chi connectivity index (χ4n) is 3.89. The molecule has 10 nitrogen and oxygen atoms in total. The van der Waals surface area contributed by atoms with Gasteiger partial charge < -0.3 is 14.6 Å². The van der Waals surface area contributed by atoms with Crippen molar-refractivity contribution in [3.63, 3.8) is 0 Å². The van der Waals surface area contributed by atoms with Gasteiger partial charge in [0.15, 0.2) is 11.5 Å². The van der Waals surface area contributed by atoms with Crippen LogP contribution in [0.25, 0.3) is 11.4 Å². The predicted molar refractivity (Wildman–Crippen MR) is 111 cm³/mol. The lowest BCUT2D eigenvalue weighted by atomic mass is 9.87. The monoisotopic (exact) mass is 429 g/mol. The SMILES string of the molecule is C[C@@H](OC(=O)Nc1c(-c2ccc(O[C@H]3CCC[C@H](C(=O)O)C3)cn2)nnn1C)C1CC1. The number of anilines is 1. The number of aromatic nitrogens is 4. The number of hydrogen-bond acceptors (Lipinski definition) is 7. The summed E-state index contributed by atoms with van der Waals surface area (Å²) in [5.41, 5.74) is 0.951. The molecule has 2 aliphatic carbocycles. The van der Waals surface area contributed by atoms with Crippen molar-refractivity contribution in [2.75, 3.05) is 5.32 Å². The van der Waals surface area contributed by atoms with Crippen LogP contribution in [0.2, 0.25) is 0 Å². The maximum Gasteiger partial charge on any atom is 0.413 e. The molecule has 1 amide bonds. The Morgan fingerprint density at radius 2 is 2.06 bits per heavy atom. The smallest absolute Gasteiger partial charge is 0.413 e. The molecule has 2 fully saturated rings. The van der Waals surface area contributed by atoms with Crippen molar-refractivity contribution in [1.82, 2.24) is 20.0 Å². The molecule has 0 saturated heterocycles. The van der Waals surface area contributed by atoms with Gasteiger partial charge in [0, 0.05) is 7.05 Å². The maximum absolute atomic E-state index is 12.3. The molecule has 4 rings (SSSR count). The molecule has 0 unspecified atom stereocenters. The Morgan fingerprint density at radius 3 is 2.74 bits per heavy atom. The molecule has 0 bridgehead atoms. The Labute approximate surface area is 179 Å². The van der Waals surface area contributed by atoms with E-state index in [1.807, 2.05) is 6.92 Å². The van der Waals surface area contributed by atoms with Crippen LogP contribution in [0.1, 0.15) is 45.4 Å². The van der Waals surface area contributed by atoms with Crippen molar-refractivity contribution >= 4 is 17.9 Å². The third kappa shape index (κ3) is 5.12. The number of carbonyl (C=O) groups is 2. The van der Waals surface area contributed by atoms with Gasteiger partial charge >= 0.3 is 12.1 Å². The minimum absolute atomic E-state index is 0.125. The number of nitrogens with zero attached hydrogens (tertiary/aromatic N) is 4. The van der Waals surface area contributed by atoms with Crippen LogP contribution in [0.4, 0.5) is 10.6 Å². The molecule has 166 valence electrons. The van der Waals surface area contributed by atoms with Gasteiger partial charge in [0.1, 0.15) is 11.9 Å². The number of pyridine rings is 1. The van der Waals surface area contributed by atoms with E-state index < -0.39 is 12.1 Å². The van der Waals surface area contributed by atoms with E-state index in [2.05, 4.69) is 20.6 Å². The van der Waals surface area contributed by atoms with E-state index in [0.29, 0.717) is 41.7 Å². The van der Waals surface area contributed by atoms with Crippen molar-refractivity contribution in [1.29, 1.82) is 0 Å². The van der Waals surface area contributed by atoms with Gasteiger partial charge in [-0.2, -0.15) is 0 Å². The van der Waals surface area contributed by atoms with Crippen LogP contribution in [0.15, 0.2) is 18.3 Å². The summed E-state index contributed by atoms with van der Waals surface area (Å²) >= 11 is 0. The predicted octanol–water partition coefficient (Wildman–Crippen LogP) is 3.25. The van der Waals surface area contributed by atoms with Gasteiger partial charge in [-0.3, -0.25) is 15.1 Å². The molecule has 2 aromatic heterocycles. The number of nitrogens with one attached hydrogen (secondary N) is 1. The van der Waals surface area contributed by atoms with E-state index >= 15 is 0 Å². The first-order valence-corrected chi connectivity index (χ1v) is 10.6. The second-order valence-electron chi connectivity index (χ2n) is 8.30. The molecule has 2 N–H and O–H groups in total. The van der Waals surface area contributed by atoms with Gasteiger partial charge in [-0.25, -0.2) is 9.48 Å². The largest absolute Gasteiger partial charge is 0.489 e. The Bertz CT molecular complexity index is 940. The summed E-state index contributed by atoms with van der Waals surface area (Å²) < 4.78 is 12.8. The highest BCUT2D eigenvalue weighted by Crippen LogP contribution is 2.34. The third-order valence-corrected chi connectivity index (χ3v) is 5.88. The van der Waals surface area contributed by atoms with Gasteiger partial charge in [0.05, 0.1) is 23.9 Å². The molecule has 2 saturated carbocycles. The number of rotatable bonds is 7. The molecule has 10 heteroatoms. The normalized spacial score (nSPS) is 21.9. The first-order valence-electron chi connectivity index (χ1n) is 10.6. The molecular formula is C21H27N5O5. The van der Waals surface area contributed by atoms with Gasteiger partial charge in [-0.15, -0.1) is 5.10 Å². The van der Waals surface area contributed by atoms with E-state index in [0.717, 1.165) is 25.7 Å². The number of carboxylic acid groups (broad SMARTS) is 1. The highest BCUT2D eigenvalue weighted by molar-refractivity contribution is 5.88. The van der Waals surface area contributed by atoms with E-state index in [4.69, 9.17) is 9.47 Å². The molecule has 2 heterocycles. The summed E-state index contributed by atoms with van der Waals surface area (Å²) in [5.74, 6) is 0.275. The Kier molecular flexibility index (Phi) is 6.06. The number of carboxylic acids is 1. The highest BCUT2D eigenvalue weighted by atomic mass is 16.6. The van der Waals surface area contributed by atoms with Crippen LogP contribution >= 0.6 is 0 Å². The lowest BCUT2D eigenvalue weighted by molar-refractivity contribution is -0.143. The number of amides is 1. The molecule has 3 atom stereocenters. The lowest BCUT2D eigenvalue weighted by Crippen LogP contribution is -2.29. The zero-order valence-electron chi connectivity index (χ0n) is 17.7. The van der Waals surface area contributed by atoms with Crippen LogP contribution in [0.3, 0.4) is 0 Å². The zero-order valence-corrected chi connectivity index (χ0v) is 17.7. The number of aryl methyl sites for hydroxylation is 1. The van der Waals surface area contributed by atoms with Crippen molar-refractivity contribution < 1.29 is 24.2 Å². The number of ether oxygens (including phenoxy) is 2. The number of carbonyl (C=O) groups excluding carboxylic acids is 1. The van der Waals surface area contributed by atoms with E-state index in [1.165, 1.54) is 4.68 Å². The topological polar surface area (TPSA) is 128 Å². The number of aliphatic carboxylic acids is 1. The molecule has 2 aliphatic rings. The molecule has 2 aromatic rings. The van der Waals surface area contributed by atoms with Crippen molar-refractivity contribution in [3.8, 4) is 17.1 Å². The van der Waals surface area contributed by atoms with Gasteiger partial charge in [0.25, 0.3) is 0 Å². The molecule has 0 aliphatic heterocycles. The summed E-state index contributed by atoms with van der Waals surface area (Å²) in [6.07, 6.45) is 5.78. The quantitative estimate of drug-likeness (QED) is 0.686. The lowest BCUT2D eigenvalue weighted by Gasteiger charge is -2.27. The van der Waals surface area contributed by atoms with E-state index in [9.17, 15) is 14.7 Å². The zero-order chi connectivity index (χ0) is 22.0. The fourth-order valence-corrected chi connectivity index (χ4v) is 3.89. The third-order valence-electron chi connectivity index (χ3n) is 5.88. The summed E-state index contributed by atoms with van der Waals surface area (Å²) in [6, 6.07) is 3.50. The molecular weight excluding hydrogens is 402 g/mol. The maximum atomic E-state index is 12.3. The van der Waals surface area contributed by atoms with Crippen molar-refractivity contribution in [3.05, 3.63) is 18.3 Å². The molecule has 0 aromatic carbocycles. The summed E-state index contributed by atoms with van der Waals surface area (Å²) in [6.45, 7) is 1.89. The molecule has 0 spiro atoms. The molecule has 0 radical (unpaired) electrons. The van der Waals surface area contributed by atoms with E-state index in [1.54, 1.807) is 25.4 Å². The summed E-state index contributed by atoms with van der Waals surface area (Å²) in [5, 5.41) is 20.0. The summed E-state index contributed by atoms with van der Waals surface area (Å²) in [7, 11) is 1.68. The van der Waals surface area contributed by atoms with Crippen LogP contribution in [0.5, 0.6) is 5.75 Å². The standard InChI is InChI=1S/C21H27N5O5/c1-12(13-6-7-13)30-21(29)23-19-18(24-25-26(19)2)17-9-8-16(11-22-17)31-15-5-3-4-14(10-15)20(27)28/h8-9,11-15H,3-7,10H2,1-2H3,(H,23,29)(H,27,28)/t12-,14+,15+/m1/s1. The minimum Gasteiger partial charge on any atom is -0.489 e. The Hall–Kier alpha value is -3.17. The van der Waals surface area contributed by atoms with Crippen LogP contribution in [0, 0.1) is 11.8 Å². The first kappa shape index (κ1) is 21.1. The van der Waals surface area contributed by atoms with Crippen molar-refractivity contribution in [2.45, 2.75) is 57.7 Å². The summed E-state index contributed by atoms with van der Waals surface area (Å²) in [4.78, 5) is 27.9. The van der Waals surface area contributed by atoms with Crippen LogP contribution in [-0.2, 0) is 16.6 Å². The Balaban J connectivity index is 1.41. The second kappa shape index (κ2) is 8.91. The average Bonchev–Trinajstić information content (AvgIpc) is 3.54. The molecule has 31 heavy (non-hydrogen) atoms. The van der Waals surface area contributed by atoms with Crippen LogP contribution in [-0.4, -0.2) is 49.4 Å². The first-order chi connectivity index (χ1) is 14.9. The second-order valence-corrected chi connectivity index (χ2v) is 8.30. The minimum atomic E-state index is -0.769. The van der Waals surface area contributed by atoms with Gasteiger partial charge in [-0.05, 0) is 63.5 Å². The van der Waals surface area contributed by atoms with Crippen molar-refractivity contribution in [2.24, 2.45) is 18.9 Å². The van der Waals surface area contributed by atoms with Gasteiger partial charge in [0.2, 0.25) is 0 Å². The number of hydrogen-bond donors (Lipinski definition) is 2. The van der Waals surface area contributed by atoms with Gasteiger partial charge in [-0.1, -0.05) is 5.21 Å². The van der Waals surface area contributed by atoms with Crippen LogP contribution < -0.4 is 10.1 Å². The highest BCUT2D eigenvalue weighted by Gasteiger charge is 2.31. The van der Waals surface area contributed by atoms with E-state index in [-0.39, 0.29) is 18.1 Å². The fraction of sp³-hybridized carbons (Fsp3) is 0.571.